The topological polar surface area (TPSA) is 45.6 Å². The number of carbonyl (C=O) groups is 2. The first-order chi connectivity index (χ1) is 17.5. The molecule has 0 bridgehead atoms. The molecule has 0 spiro atoms. The summed E-state index contributed by atoms with van der Waals surface area (Å²) in [6.45, 7) is 3.56. The molecule has 0 radical (unpaired) electrons. The fraction of sp³-hybridized carbons (Fsp3) is 0.379. The second-order valence-corrected chi connectivity index (χ2v) is 10.2. The third-order valence-electron chi connectivity index (χ3n) is 6.98. The van der Waals surface area contributed by atoms with Crippen LogP contribution in [-0.4, -0.2) is 45.3 Å². The van der Waals surface area contributed by atoms with Crippen LogP contribution in [0.4, 0.5) is 0 Å². The van der Waals surface area contributed by atoms with Crippen LogP contribution in [-0.2, 0) is 17.9 Å². The van der Waals surface area contributed by atoms with E-state index in [0.29, 0.717) is 30.2 Å². The lowest BCUT2D eigenvalue weighted by Crippen LogP contribution is -2.47. The Morgan fingerprint density at radius 3 is 2.36 bits per heavy atom. The van der Waals surface area contributed by atoms with Gasteiger partial charge in [0.25, 0.3) is 5.91 Å². The molecule has 2 aromatic carbocycles. The first-order valence-corrected chi connectivity index (χ1v) is 13.4. The van der Waals surface area contributed by atoms with Crippen LogP contribution in [0, 0.1) is 0 Å². The molecule has 7 heteroatoms. The van der Waals surface area contributed by atoms with Gasteiger partial charge in [-0.2, -0.15) is 0 Å². The number of likely N-dealkylation sites (N-methyl/N-ethyl adjacent to an activating group) is 1. The Balaban J connectivity index is 1.53. The molecule has 3 aromatic rings. The molecule has 0 unspecified atom stereocenters. The molecule has 1 aromatic heterocycles. The molecular weight excluding hydrogens is 493 g/mol. The summed E-state index contributed by atoms with van der Waals surface area (Å²) in [5.41, 5.74) is 2.63. The van der Waals surface area contributed by atoms with Crippen molar-refractivity contribution in [3.8, 4) is 0 Å². The van der Waals surface area contributed by atoms with E-state index < -0.39 is 0 Å². The predicted molar refractivity (Wildman–Crippen MR) is 145 cm³/mol. The minimum atomic E-state index is -0.159. The molecule has 1 heterocycles. The average Bonchev–Trinajstić information content (AvgIpc) is 3.34. The quantitative estimate of drug-likeness (QED) is 0.313. The second kappa shape index (κ2) is 12.5. The molecule has 1 saturated carbocycles. The molecule has 5 nitrogen and oxygen atoms in total. The van der Waals surface area contributed by atoms with E-state index >= 15 is 0 Å². The van der Waals surface area contributed by atoms with Crippen molar-refractivity contribution in [3.63, 3.8) is 0 Å². The number of benzene rings is 2. The van der Waals surface area contributed by atoms with Crippen molar-refractivity contribution in [1.29, 1.82) is 0 Å². The van der Waals surface area contributed by atoms with E-state index in [1.807, 2.05) is 48.4 Å². The molecule has 190 valence electrons. The van der Waals surface area contributed by atoms with Crippen molar-refractivity contribution >= 4 is 35.0 Å². The zero-order chi connectivity index (χ0) is 25.5. The highest BCUT2D eigenvalue weighted by atomic mass is 35.5. The van der Waals surface area contributed by atoms with Gasteiger partial charge in [0.1, 0.15) is 6.54 Å². The van der Waals surface area contributed by atoms with E-state index in [-0.39, 0.29) is 24.4 Å². The zero-order valence-electron chi connectivity index (χ0n) is 20.7. The Bertz CT molecular complexity index is 1170. The Morgan fingerprint density at radius 2 is 1.67 bits per heavy atom. The summed E-state index contributed by atoms with van der Waals surface area (Å²) < 4.78 is 2.15. The summed E-state index contributed by atoms with van der Waals surface area (Å²) in [5.74, 6) is -0.176. The summed E-state index contributed by atoms with van der Waals surface area (Å²) in [5, 5.41) is 1.31. The second-order valence-electron chi connectivity index (χ2n) is 9.36. The molecule has 1 aliphatic rings. The van der Waals surface area contributed by atoms with Gasteiger partial charge in [-0.05, 0) is 67.8 Å². The molecule has 2 amide bonds. The minimum Gasteiger partial charge on any atom is -0.345 e. The van der Waals surface area contributed by atoms with Crippen LogP contribution < -0.4 is 0 Å². The smallest absolute Gasteiger partial charge is 0.254 e. The van der Waals surface area contributed by atoms with E-state index in [1.165, 1.54) is 6.42 Å². The minimum absolute atomic E-state index is 0.0171. The standard InChI is InChI=1S/C29H33Cl2N3O2/c1-2-32(29(36)22-14-16-24(30)17-15-22)21-28(35)34(25-10-4-3-5-11-25)20-26-12-8-18-33(26)19-23-9-6-7-13-27(23)31/h6-9,12-18,25H,2-5,10-11,19-21H2,1H3. The summed E-state index contributed by atoms with van der Waals surface area (Å²) >= 11 is 12.4. The number of aromatic nitrogens is 1. The number of rotatable bonds is 9. The highest BCUT2D eigenvalue weighted by Gasteiger charge is 2.28. The number of hydrogen-bond donors (Lipinski definition) is 0. The molecule has 36 heavy (non-hydrogen) atoms. The maximum Gasteiger partial charge on any atom is 0.254 e. The third kappa shape index (κ3) is 6.51. The first kappa shape index (κ1) is 26.3. The van der Waals surface area contributed by atoms with Crippen LogP contribution >= 0.6 is 23.2 Å². The maximum absolute atomic E-state index is 13.7. The van der Waals surface area contributed by atoms with Gasteiger partial charge in [0.15, 0.2) is 0 Å². The maximum atomic E-state index is 13.7. The van der Waals surface area contributed by atoms with Crippen LogP contribution in [0.25, 0.3) is 0 Å². The van der Waals surface area contributed by atoms with Gasteiger partial charge in [-0.1, -0.05) is 60.7 Å². The SMILES string of the molecule is CCN(CC(=O)N(Cc1cccn1Cc1ccccc1Cl)C1CCCCC1)C(=O)c1ccc(Cl)cc1. The van der Waals surface area contributed by atoms with Crippen molar-refractivity contribution in [3.05, 3.63) is 93.7 Å². The molecule has 1 fully saturated rings. The molecule has 1 aliphatic carbocycles. The highest BCUT2D eigenvalue weighted by Crippen LogP contribution is 2.26. The van der Waals surface area contributed by atoms with Gasteiger partial charge < -0.3 is 14.4 Å². The normalized spacial score (nSPS) is 14.0. The number of hydrogen-bond acceptors (Lipinski definition) is 2. The fourth-order valence-corrected chi connectivity index (χ4v) is 5.22. The van der Waals surface area contributed by atoms with Gasteiger partial charge in [0.2, 0.25) is 5.91 Å². The summed E-state index contributed by atoms with van der Waals surface area (Å²) in [4.78, 5) is 30.5. The Kier molecular flexibility index (Phi) is 9.11. The predicted octanol–water partition coefficient (Wildman–Crippen LogP) is 6.67. The van der Waals surface area contributed by atoms with Crippen molar-refractivity contribution in [2.45, 2.75) is 58.2 Å². The Labute approximate surface area is 223 Å². The molecule has 4 rings (SSSR count). The van der Waals surface area contributed by atoms with Crippen molar-refractivity contribution in [1.82, 2.24) is 14.4 Å². The van der Waals surface area contributed by atoms with Crippen LogP contribution in [0.15, 0.2) is 66.9 Å². The van der Waals surface area contributed by atoms with Crippen LogP contribution in [0.5, 0.6) is 0 Å². The van der Waals surface area contributed by atoms with Gasteiger partial charge >= 0.3 is 0 Å². The zero-order valence-corrected chi connectivity index (χ0v) is 22.2. The summed E-state index contributed by atoms with van der Waals surface area (Å²) in [6.07, 6.45) is 7.47. The number of halogens is 2. The lowest BCUT2D eigenvalue weighted by Gasteiger charge is -2.36. The molecule has 0 atom stereocenters. The van der Waals surface area contributed by atoms with E-state index in [2.05, 4.69) is 10.6 Å². The van der Waals surface area contributed by atoms with Crippen molar-refractivity contribution < 1.29 is 9.59 Å². The van der Waals surface area contributed by atoms with Crippen LogP contribution in [0.1, 0.15) is 60.6 Å². The van der Waals surface area contributed by atoms with Gasteiger partial charge in [-0.3, -0.25) is 9.59 Å². The molecule has 0 saturated heterocycles. The number of nitrogens with zero attached hydrogens (tertiary/aromatic N) is 3. The number of carbonyl (C=O) groups excluding carboxylic acids is 2. The monoisotopic (exact) mass is 525 g/mol. The first-order valence-electron chi connectivity index (χ1n) is 12.7. The van der Waals surface area contributed by atoms with E-state index in [1.54, 1.807) is 29.2 Å². The number of amides is 2. The Hall–Kier alpha value is -2.76. The van der Waals surface area contributed by atoms with Gasteiger partial charge in [0, 0.05) is 46.6 Å². The molecular formula is C29H33Cl2N3O2. The van der Waals surface area contributed by atoms with Gasteiger partial charge in [-0.15, -0.1) is 0 Å². The average molecular weight is 527 g/mol. The van der Waals surface area contributed by atoms with E-state index in [4.69, 9.17) is 23.2 Å². The fourth-order valence-electron chi connectivity index (χ4n) is 4.90. The van der Waals surface area contributed by atoms with E-state index in [9.17, 15) is 9.59 Å². The summed E-state index contributed by atoms with van der Waals surface area (Å²) in [7, 11) is 0. The Morgan fingerprint density at radius 1 is 0.944 bits per heavy atom. The van der Waals surface area contributed by atoms with Gasteiger partial charge in [0.05, 0.1) is 6.54 Å². The van der Waals surface area contributed by atoms with Crippen molar-refractivity contribution in [2.24, 2.45) is 0 Å². The lowest BCUT2D eigenvalue weighted by atomic mass is 9.94. The van der Waals surface area contributed by atoms with Crippen LogP contribution in [0.2, 0.25) is 10.0 Å². The third-order valence-corrected chi connectivity index (χ3v) is 7.60. The van der Waals surface area contributed by atoms with Gasteiger partial charge in [-0.25, -0.2) is 0 Å². The lowest BCUT2D eigenvalue weighted by molar-refractivity contribution is -0.135. The largest absolute Gasteiger partial charge is 0.345 e. The molecule has 0 aliphatic heterocycles. The van der Waals surface area contributed by atoms with Crippen LogP contribution in [0.3, 0.4) is 0 Å². The summed E-state index contributed by atoms with van der Waals surface area (Å²) in [6, 6.07) is 18.9. The van der Waals surface area contributed by atoms with Crippen molar-refractivity contribution in [2.75, 3.05) is 13.1 Å². The van der Waals surface area contributed by atoms with E-state index in [0.717, 1.165) is 42.0 Å². The molecule has 0 N–H and O–H groups in total. The highest BCUT2D eigenvalue weighted by molar-refractivity contribution is 6.31.